The third kappa shape index (κ3) is 4.58. The second-order valence-electron chi connectivity index (χ2n) is 6.17. The van der Waals surface area contributed by atoms with Gasteiger partial charge in [-0.05, 0) is 55.7 Å². The van der Waals surface area contributed by atoms with Gasteiger partial charge in [0, 0.05) is 12.5 Å². The number of hydrogen-bond acceptors (Lipinski definition) is 2. The minimum Gasteiger partial charge on any atom is -0.478 e. The van der Waals surface area contributed by atoms with Crippen LogP contribution in [0.3, 0.4) is 0 Å². The Morgan fingerprint density at radius 2 is 1.77 bits per heavy atom. The summed E-state index contributed by atoms with van der Waals surface area (Å²) in [6.45, 7) is 2.83. The van der Waals surface area contributed by atoms with Crippen LogP contribution < -0.4 is 5.32 Å². The predicted octanol–water partition coefficient (Wildman–Crippen LogP) is 3.26. The summed E-state index contributed by atoms with van der Waals surface area (Å²) in [5.41, 5.74) is 1.33. The van der Waals surface area contributed by atoms with Crippen LogP contribution in [0.25, 0.3) is 0 Å². The van der Waals surface area contributed by atoms with Crippen molar-refractivity contribution in [1.29, 1.82) is 0 Å². The predicted molar refractivity (Wildman–Crippen MR) is 85.9 cm³/mol. The highest BCUT2D eigenvalue weighted by atomic mass is 16.4. The van der Waals surface area contributed by atoms with Crippen LogP contribution in [-0.4, -0.2) is 23.5 Å². The number of amides is 1. The van der Waals surface area contributed by atoms with E-state index in [-0.39, 0.29) is 11.8 Å². The van der Waals surface area contributed by atoms with Gasteiger partial charge in [0.2, 0.25) is 5.91 Å². The van der Waals surface area contributed by atoms with Crippen molar-refractivity contribution in [2.24, 2.45) is 11.8 Å². The minimum atomic E-state index is -0.914. The largest absolute Gasteiger partial charge is 0.478 e. The van der Waals surface area contributed by atoms with Gasteiger partial charge < -0.3 is 10.4 Å². The molecule has 4 nitrogen and oxygen atoms in total. The molecule has 0 aliphatic heterocycles. The molecule has 1 aromatic rings. The van der Waals surface area contributed by atoms with E-state index in [1.807, 2.05) is 12.1 Å². The molecular weight excluding hydrogens is 278 g/mol. The minimum absolute atomic E-state index is 0.178. The molecule has 0 bridgehead atoms. The van der Waals surface area contributed by atoms with Gasteiger partial charge in [0.15, 0.2) is 0 Å². The maximum absolute atomic E-state index is 12.1. The fourth-order valence-electron chi connectivity index (χ4n) is 3.12. The van der Waals surface area contributed by atoms with Crippen LogP contribution in [0.2, 0.25) is 0 Å². The van der Waals surface area contributed by atoms with E-state index >= 15 is 0 Å². The van der Waals surface area contributed by atoms with Crippen LogP contribution in [0.4, 0.5) is 0 Å². The Morgan fingerprint density at radius 3 is 2.32 bits per heavy atom. The van der Waals surface area contributed by atoms with Crippen LogP contribution in [0.1, 0.15) is 54.9 Å². The van der Waals surface area contributed by atoms with Gasteiger partial charge >= 0.3 is 5.97 Å². The number of carboxylic acids is 1. The van der Waals surface area contributed by atoms with Crippen LogP contribution in [0.5, 0.6) is 0 Å². The first kappa shape index (κ1) is 16.5. The van der Waals surface area contributed by atoms with E-state index in [9.17, 15) is 9.59 Å². The first-order chi connectivity index (χ1) is 10.6. The van der Waals surface area contributed by atoms with Crippen molar-refractivity contribution in [2.75, 3.05) is 6.54 Å². The second-order valence-corrected chi connectivity index (χ2v) is 6.17. The molecule has 0 spiro atoms. The Labute approximate surface area is 131 Å². The monoisotopic (exact) mass is 303 g/mol. The average molecular weight is 303 g/mol. The van der Waals surface area contributed by atoms with Crippen molar-refractivity contribution in [3.63, 3.8) is 0 Å². The molecule has 1 saturated carbocycles. The first-order valence-corrected chi connectivity index (χ1v) is 8.20. The van der Waals surface area contributed by atoms with E-state index in [0.717, 1.165) is 30.7 Å². The molecule has 4 heteroatoms. The Morgan fingerprint density at radius 1 is 1.14 bits per heavy atom. The molecule has 0 unspecified atom stereocenters. The summed E-state index contributed by atoms with van der Waals surface area (Å²) in [6, 6.07) is 6.82. The van der Waals surface area contributed by atoms with Crippen LogP contribution in [-0.2, 0) is 11.2 Å². The van der Waals surface area contributed by atoms with Crippen molar-refractivity contribution >= 4 is 11.9 Å². The van der Waals surface area contributed by atoms with E-state index in [2.05, 4.69) is 12.2 Å². The summed E-state index contributed by atoms with van der Waals surface area (Å²) < 4.78 is 0. The highest BCUT2D eigenvalue weighted by Crippen LogP contribution is 2.30. The van der Waals surface area contributed by atoms with Gasteiger partial charge in [0.25, 0.3) is 0 Å². The summed E-state index contributed by atoms with van der Waals surface area (Å²) >= 11 is 0. The van der Waals surface area contributed by atoms with Crippen molar-refractivity contribution in [2.45, 2.75) is 45.4 Å². The molecule has 0 saturated heterocycles. The Bertz CT molecular complexity index is 502. The number of nitrogens with one attached hydrogen (secondary N) is 1. The number of carbonyl (C=O) groups is 2. The summed E-state index contributed by atoms with van der Waals surface area (Å²) in [6.07, 6.45) is 6.32. The van der Waals surface area contributed by atoms with Gasteiger partial charge in [-0.15, -0.1) is 0 Å². The zero-order chi connectivity index (χ0) is 15.9. The molecule has 0 heterocycles. The lowest BCUT2D eigenvalue weighted by Crippen LogP contribution is -2.34. The van der Waals surface area contributed by atoms with E-state index in [0.29, 0.717) is 12.1 Å². The topological polar surface area (TPSA) is 66.4 Å². The maximum atomic E-state index is 12.1. The van der Waals surface area contributed by atoms with Crippen molar-refractivity contribution in [3.05, 3.63) is 35.4 Å². The molecule has 0 radical (unpaired) electrons. The van der Waals surface area contributed by atoms with Gasteiger partial charge in [-0.1, -0.05) is 25.5 Å². The number of benzene rings is 1. The van der Waals surface area contributed by atoms with E-state index < -0.39 is 5.97 Å². The molecule has 1 aliphatic rings. The number of carboxylic acid groups (broad SMARTS) is 1. The number of hydrogen-bond donors (Lipinski definition) is 2. The molecular formula is C18H25NO3. The van der Waals surface area contributed by atoms with E-state index in [1.165, 1.54) is 19.3 Å². The van der Waals surface area contributed by atoms with Gasteiger partial charge in [0.05, 0.1) is 5.56 Å². The highest BCUT2D eigenvalue weighted by molar-refractivity contribution is 5.87. The molecule has 0 aromatic heterocycles. The summed E-state index contributed by atoms with van der Waals surface area (Å²) in [4.78, 5) is 22.9. The smallest absolute Gasteiger partial charge is 0.335 e. The first-order valence-electron chi connectivity index (χ1n) is 8.20. The summed E-state index contributed by atoms with van der Waals surface area (Å²) in [5, 5.41) is 11.9. The van der Waals surface area contributed by atoms with Gasteiger partial charge in [-0.2, -0.15) is 0 Å². The highest BCUT2D eigenvalue weighted by Gasteiger charge is 2.24. The van der Waals surface area contributed by atoms with Crippen molar-refractivity contribution in [3.8, 4) is 0 Å². The van der Waals surface area contributed by atoms with Gasteiger partial charge in [0.1, 0.15) is 0 Å². The van der Waals surface area contributed by atoms with Crippen molar-refractivity contribution in [1.82, 2.24) is 5.32 Å². The quantitative estimate of drug-likeness (QED) is 0.847. The zero-order valence-electron chi connectivity index (χ0n) is 13.2. The summed E-state index contributed by atoms with van der Waals surface area (Å²) in [7, 11) is 0. The molecule has 1 amide bonds. The van der Waals surface area contributed by atoms with Crippen LogP contribution >= 0.6 is 0 Å². The number of carbonyl (C=O) groups excluding carboxylic acids is 1. The van der Waals surface area contributed by atoms with Crippen LogP contribution in [0.15, 0.2) is 24.3 Å². The number of aromatic carboxylic acids is 1. The Balaban J connectivity index is 1.72. The lowest BCUT2D eigenvalue weighted by Gasteiger charge is -2.26. The van der Waals surface area contributed by atoms with Crippen molar-refractivity contribution < 1.29 is 14.7 Å². The third-order valence-electron chi connectivity index (χ3n) is 4.71. The Hall–Kier alpha value is -1.84. The molecule has 0 atom stereocenters. The standard InChI is InChI=1S/C18H25NO3/c1-2-13-3-7-15(8-4-13)17(20)19-12-11-14-5-9-16(10-6-14)18(21)22/h5-6,9-10,13,15H,2-4,7-8,11-12H2,1H3,(H,19,20)(H,21,22). The second kappa shape index (κ2) is 7.97. The average Bonchev–Trinajstić information content (AvgIpc) is 2.55. The third-order valence-corrected chi connectivity index (χ3v) is 4.71. The fraction of sp³-hybridized carbons (Fsp3) is 0.556. The number of rotatable bonds is 6. The van der Waals surface area contributed by atoms with E-state index in [1.54, 1.807) is 12.1 Å². The molecule has 2 rings (SSSR count). The van der Waals surface area contributed by atoms with E-state index in [4.69, 9.17) is 5.11 Å². The SMILES string of the molecule is CCC1CCC(C(=O)NCCc2ccc(C(=O)O)cc2)CC1. The maximum Gasteiger partial charge on any atom is 0.335 e. The molecule has 22 heavy (non-hydrogen) atoms. The molecule has 120 valence electrons. The molecule has 1 aliphatic carbocycles. The molecule has 2 N–H and O–H groups in total. The van der Waals surface area contributed by atoms with Crippen LogP contribution in [0, 0.1) is 11.8 Å². The van der Waals surface area contributed by atoms with Gasteiger partial charge in [-0.25, -0.2) is 4.79 Å². The fourth-order valence-corrected chi connectivity index (χ4v) is 3.12. The Kier molecular flexibility index (Phi) is 5.99. The summed E-state index contributed by atoms with van der Waals surface area (Å²) in [5.74, 6) is 0.244. The zero-order valence-corrected chi connectivity index (χ0v) is 13.2. The molecule has 1 aromatic carbocycles. The lowest BCUT2D eigenvalue weighted by atomic mass is 9.80. The lowest BCUT2D eigenvalue weighted by molar-refractivity contribution is -0.126. The van der Waals surface area contributed by atoms with Gasteiger partial charge in [-0.3, -0.25) is 4.79 Å². The molecule has 1 fully saturated rings. The normalized spacial score (nSPS) is 21.3.